The number of anilines is 1. The molecule has 1 fully saturated rings. The molecule has 1 N–H and O–H groups in total. The van der Waals surface area contributed by atoms with Crippen LogP contribution in [0.1, 0.15) is 12.0 Å². The zero-order valence-corrected chi connectivity index (χ0v) is 16.0. The molecule has 1 saturated heterocycles. The summed E-state index contributed by atoms with van der Waals surface area (Å²) >= 11 is 5.89. The molecule has 1 heterocycles. The summed E-state index contributed by atoms with van der Waals surface area (Å²) in [5.41, 5.74) is 1.58. The van der Waals surface area contributed by atoms with Crippen molar-refractivity contribution in [2.45, 2.75) is 13.0 Å². The quantitative estimate of drug-likeness (QED) is 0.824. The fraction of sp³-hybridized carbons (Fsp3) is 0.300. The molecule has 1 aliphatic heterocycles. The van der Waals surface area contributed by atoms with Gasteiger partial charge in [0.05, 0.1) is 20.1 Å². The van der Waals surface area contributed by atoms with Crippen LogP contribution in [0.25, 0.3) is 0 Å². The lowest BCUT2D eigenvalue weighted by Gasteiger charge is -2.17. The van der Waals surface area contributed by atoms with E-state index in [1.165, 1.54) is 7.11 Å². The van der Waals surface area contributed by atoms with Gasteiger partial charge in [0.2, 0.25) is 11.8 Å². The summed E-state index contributed by atoms with van der Waals surface area (Å²) in [4.78, 5) is 26.6. The number of ether oxygens (including phenoxy) is 2. The minimum absolute atomic E-state index is 0.0302. The Hall–Kier alpha value is -2.73. The molecule has 2 amide bonds. The number of carbonyl (C=O) groups excluding carboxylic acids is 2. The van der Waals surface area contributed by atoms with Crippen LogP contribution in [-0.4, -0.2) is 37.5 Å². The third-order valence-corrected chi connectivity index (χ3v) is 4.78. The van der Waals surface area contributed by atoms with Gasteiger partial charge in [0.15, 0.2) is 11.5 Å². The largest absolute Gasteiger partial charge is 0.493 e. The summed E-state index contributed by atoms with van der Waals surface area (Å²) in [6.45, 7) is 0.858. The number of likely N-dealkylation sites (tertiary alicyclic amines) is 1. The molecule has 3 rings (SSSR count). The van der Waals surface area contributed by atoms with Gasteiger partial charge in [-0.2, -0.15) is 0 Å². The predicted octanol–water partition coefficient (Wildman–Crippen LogP) is 3.34. The van der Waals surface area contributed by atoms with Crippen LogP contribution < -0.4 is 14.8 Å². The topological polar surface area (TPSA) is 67.9 Å². The molecular formula is C20H21ClN2O4. The Labute approximate surface area is 163 Å². The molecule has 0 bridgehead atoms. The van der Waals surface area contributed by atoms with Crippen LogP contribution in [0.3, 0.4) is 0 Å². The normalized spacial score (nSPS) is 16.3. The second-order valence-corrected chi connectivity index (χ2v) is 6.80. The van der Waals surface area contributed by atoms with Gasteiger partial charge in [0, 0.05) is 36.3 Å². The van der Waals surface area contributed by atoms with E-state index in [2.05, 4.69) is 5.32 Å². The van der Waals surface area contributed by atoms with Crippen molar-refractivity contribution < 1.29 is 19.1 Å². The fourth-order valence-corrected chi connectivity index (χ4v) is 3.20. The van der Waals surface area contributed by atoms with Crippen LogP contribution in [0.4, 0.5) is 5.69 Å². The van der Waals surface area contributed by atoms with Crippen molar-refractivity contribution >= 4 is 29.1 Å². The Balaban J connectivity index is 1.62. The van der Waals surface area contributed by atoms with E-state index in [-0.39, 0.29) is 18.2 Å². The first-order valence-electron chi connectivity index (χ1n) is 8.55. The van der Waals surface area contributed by atoms with Crippen LogP contribution in [0.2, 0.25) is 5.02 Å². The number of hydrogen-bond acceptors (Lipinski definition) is 4. The lowest BCUT2D eigenvalue weighted by atomic mass is 10.1. The number of methoxy groups -OCH3 is 2. The lowest BCUT2D eigenvalue weighted by molar-refractivity contribution is -0.128. The van der Waals surface area contributed by atoms with E-state index in [1.54, 1.807) is 42.3 Å². The molecule has 6 nitrogen and oxygen atoms in total. The van der Waals surface area contributed by atoms with Crippen molar-refractivity contribution in [3.8, 4) is 11.5 Å². The van der Waals surface area contributed by atoms with Crippen molar-refractivity contribution in [3.05, 3.63) is 53.1 Å². The highest BCUT2D eigenvalue weighted by molar-refractivity contribution is 6.30. The summed E-state index contributed by atoms with van der Waals surface area (Å²) in [5, 5.41) is 3.50. The van der Waals surface area contributed by atoms with Crippen LogP contribution in [0.15, 0.2) is 42.5 Å². The second kappa shape index (κ2) is 8.31. The zero-order valence-electron chi connectivity index (χ0n) is 15.2. The van der Waals surface area contributed by atoms with Gasteiger partial charge in [0.25, 0.3) is 0 Å². The Kier molecular flexibility index (Phi) is 5.86. The first-order valence-corrected chi connectivity index (χ1v) is 8.93. The van der Waals surface area contributed by atoms with Crippen molar-refractivity contribution in [3.63, 3.8) is 0 Å². The van der Waals surface area contributed by atoms with Gasteiger partial charge in [-0.3, -0.25) is 9.59 Å². The van der Waals surface area contributed by atoms with Crippen molar-refractivity contribution in [1.82, 2.24) is 4.90 Å². The Morgan fingerprint density at radius 3 is 2.52 bits per heavy atom. The zero-order chi connectivity index (χ0) is 19.4. The maximum atomic E-state index is 12.6. The molecule has 142 valence electrons. The van der Waals surface area contributed by atoms with Gasteiger partial charge in [-0.25, -0.2) is 0 Å². The number of nitrogens with one attached hydrogen (secondary N) is 1. The third kappa shape index (κ3) is 4.52. The van der Waals surface area contributed by atoms with E-state index in [0.717, 1.165) is 5.56 Å². The van der Waals surface area contributed by atoms with Crippen LogP contribution in [0.5, 0.6) is 11.5 Å². The van der Waals surface area contributed by atoms with E-state index >= 15 is 0 Å². The van der Waals surface area contributed by atoms with Gasteiger partial charge < -0.3 is 19.7 Å². The van der Waals surface area contributed by atoms with Gasteiger partial charge in [0.1, 0.15) is 0 Å². The molecule has 0 aromatic heterocycles. The molecule has 7 heteroatoms. The molecule has 2 aromatic carbocycles. The van der Waals surface area contributed by atoms with Gasteiger partial charge >= 0.3 is 0 Å². The average Bonchev–Trinajstić information content (AvgIpc) is 3.04. The van der Waals surface area contributed by atoms with Crippen LogP contribution >= 0.6 is 11.6 Å². The number of halogens is 1. The SMILES string of the molecule is COc1ccc(NC(=O)C2CC(=O)N(Cc3ccc(Cl)cc3)C2)cc1OC. The van der Waals surface area contributed by atoms with E-state index in [0.29, 0.717) is 35.3 Å². The number of nitrogens with zero attached hydrogens (tertiary/aromatic N) is 1. The first-order chi connectivity index (χ1) is 13.0. The van der Waals surface area contributed by atoms with Gasteiger partial charge in [-0.15, -0.1) is 0 Å². The minimum atomic E-state index is -0.391. The molecular weight excluding hydrogens is 368 g/mol. The smallest absolute Gasteiger partial charge is 0.229 e. The maximum absolute atomic E-state index is 12.6. The summed E-state index contributed by atoms with van der Waals surface area (Å²) < 4.78 is 10.4. The lowest BCUT2D eigenvalue weighted by Crippen LogP contribution is -2.28. The predicted molar refractivity (Wildman–Crippen MR) is 103 cm³/mol. The highest BCUT2D eigenvalue weighted by Crippen LogP contribution is 2.30. The molecule has 0 aliphatic carbocycles. The van der Waals surface area contributed by atoms with E-state index in [1.807, 2.05) is 12.1 Å². The Morgan fingerprint density at radius 1 is 1.15 bits per heavy atom. The molecule has 1 unspecified atom stereocenters. The number of carbonyl (C=O) groups is 2. The summed E-state index contributed by atoms with van der Waals surface area (Å²) in [6.07, 6.45) is 0.201. The summed E-state index contributed by atoms with van der Waals surface area (Å²) in [5.74, 6) is 0.507. The number of rotatable bonds is 6. The van der Waals surface area contributed by atoms with Gasteiger partial charge in [-0.1, -0.05) is 23.7 Å². The second-order valence-electron chi connectivity index (χ2n) is 6.36. The number of benzene rings is 2. The molecule has 1 atom stereocenters. The van der Waals surface area contributed by atoms with E-state index in [9.17, 15) is 9.59 Å². The monoisotopic (exact) mass is 388 g/mol. The fourth-order valence-electron chi connectivity index (χ4n) is 3.07. The average molecular weight is 389 g/mol. The molecule has 1 aliphatic rings. The Bertz CT molecular complexity index is 838. The molecule has 2 aromatic rings. The van der Waals surface area contributed by atoms with Crippen LogP contribution in [0, 0.1) is 5.92 Å². The molecule has 27 heavy (non-hydrogen) atoms. The minimum Gasteiger partial charge on any atom is -0.493 e. The highest BCUT2D eigenvalue weighted by atomic mass is 35.5. The standard InChI is InChI=1S/C20H21ClN2O4/c1-26-17-8-7-16(10-18(17)27-2)22-20(25)14-9-19(24)23(12-14)11-13-3-5-15(21)6-4-13/h3-8,10,14H,9,11-12H2,1-2H3,(H,22,25). The maximum Gasteiger partial charge on any atom is 0.229 e. The number of hydrogen-bond donors (Lipinski definition) is 1. The highest BCUT2D eigenvalue weighted by Gasteiger charge is 2.34. The van der Waals surface area contributed by atoms with Gasteiger partial charge in [-0.05, 0) is 29.8 Å². The van der Waals surface area contributed by atoms with E-state index in [4.69, 9.17) is 21.1 Å². The molecule has 0 radical (unpaired) electrons. The van der Waals surface area contributed by atoms with Crippen molar-refractivity contribution in [2.75, 3.05) is 26.1 Å². The molecule has 0 saturated carbocycles. The van der Waals surface area contributed by atoms with E-state index < -0.39 is 5.92 Å². The third-order valence-electron chi connectivity index (χ3n) is 4.52. The first kappa shape index (κ1) is 19.0. The van der Waals surface area contributed by atoms with Crippen LogP contribution in [-0.2, 0) is 16.1 Å². The van der Waals surface area contributed by atoms with Crippen molar-refractivity contribution in [1.29, 1.82) is 0 Å². The number of amides is 2. The van der Waals surface area contributed by atoms with Crippen molar-refractivity contribution in [2.24, 2.45) is 5.92 Å². The summed E-state index contributed by atoms with van der Waals surface area (Å²) in [7, 11) is 3.09. The Morgan fingerprint density at radius 2 is 1.85 bits per heavy atom. The molecule has 0 spiro atoms. The summed E-state index contributed by atoms with van der Waals surface area (Å²) in [6, 6.07) is 12.5.